The third kappa shape index (κ3) is 1.16. The van der Waals surface area contributed by atoms with Crippen LogP contribution in [0.3, 0.4) is 0 Å². The van der Waals surface area contributed by atoms with Gasteiger partial charge in [-0.3, -0.25) is 0 Å². The summed E-state index contributed by atoms with van der Waals surface area (Å²) in [6.45, 7) is 6.21. The number of hydrogen-bond donors (Lipinski definition) is 0. The predicted octanol–water partition coefficient (Wildman–Crippen LogP) is 1.27. The molecule has 1 heteroatoms. The Balaban J connectivity index is 1.93. The van der Waals surface area contributed by atoms with Crippen LogP contribution in [0.1, 0.15) is 19.3 Å². The Bertz CT molecular complexity index is 48.1. The Morgan fingerprint density at radius 2 is 2.43 bits per heavy atom. The Labute approximate surface area is 44.7 Å². The Kier molecular flexibility index (Phi) is 1.69. The highest BCUT2D eigenvalue weighted by Crippen LogP contribution is 2.15. The lowest BCUT2D eigenvalue weighted by molar-refractivity contribution is -0.0538. The fourth-order valence-electron chi connectivity index (χ4n) is 0.698. The molecule has 0 N–H and O–H groups in total. The third-order valence-corrected chi connectivity index (χ3v) is 1.28. The molecular formula is C6H10O. The van der Waals surface area contributed by atoms with Crippen molar-refractivity contribution >= 4 is 0 Å². The summed E-state index contributed by atoms with van der Waals surface area (Å²) in [5, 5.41) is 0. The maximum atomic E-state index is 5.26. The molecule has 0 aromatic rings. The van der Waals surface area contributed by atoms with Crippen LogP contribution < -0.4 is 0 Å². The zero-order chi connectivity index (χ0) is 5.11. The topological polar surface area (TPSA) is 9.23 Å². The van der Waals surface area contributed by atoms with E-state index >= 15 is 0 Å². The summed E-state index contributed by atoms with van der Waals surface area (Å²) < 4.78 is 5.09. The van der Waals surface area contributed by atoms with E-state index in [9.17, 15) is 0 Å². The van der Waals surface area contributed by atoms with Crippen molar-refractivity contribution in [2.45, 2.75) is 25.4 Å². The van der Waals surface area contributed by atoms with Crippen LogP contribution in [-0.4, -0.2) is 12.7 Å². The fraction of sp³-hybridized carbons (Fsp3) is 0.833. The van der Waals surface area contributed by atoms with Gasteiger partial charge < -0.3 is 4.74 Å². The van der Waals surface area contributed by atoms with E-state index < -0.39 is 0 Å². The molecule has 0 aliphatic carbocycles. The molecular weight excluding hydrogens is 88.1 g/mol. The van der Waals surface area contributed by atoms with E-state index in [1.165, 1.54) is 6.42 Å². The third-order valence-electron chi connectivity index (χ3n) is 1.28. The molecule has 0 spiro atoms. The van der Waals surface area contributed by atoms with Gasteiger partial charge in [0.2, 0.25) is 0 Å². The Morgan fingerprint density at radius 1 is 1.71 bits per heavy atom. The van der Waals surface area contributed by atoms with Crippen molar-refractivity contribution < 1.29 is 4.74 Å². The van der Waals surface area contributed by atoms with Crippen molar-refractivity contribution in [1.29, 1.82) is 0 Å². The lowest BCUT2D eigenvalue weighted by Gasteiger charge is -2.25. The number of hydrogen-bond acceptors (Lipinski definition) is 1. The van der Waals surface area contributed by atoms with Crippen molar-refractivity contribution in [3.63, 3.8) is 0 Å². The van der Waals surface area contributed by atoms with Crippen molar-refractivity contribution in [1.82, 2.24) is 0 Å². The molecule has 1 saturated heterocycles. The van der Waals surface area contributed by atoms with E-state index in [-0.39, 0.29) is 0 Å². The zero-order valence-corrected chi connectivity index (χ0v) is 4.39. The van der Waals surface area contributed by atoms with E-state index in [2.05, 4.69) is 0 Å². The summed E-state index contributed by atoms with van der Waals surface area (Å²) in [5.41, 5.74) is 0. The molecule has 1 heterocycles. The summed E-state index contributed by atoms with van der Waals surface area (Å²) in [5.74, 6) is 0. The van der Waals surface area contributed by atoms with Crippen LogP contribution in [0.15, 0.2) is 0 Å². The Morgan fingerprint density at radius 3 is 2.57 bits per heavy atom. The molecule has 1 fully saturated rings. The standard InChI is InChI=1S/C6H10O/c1-2-3-6-4-5-7-6/h1,6H,2-5H2. The smallest absolute Gasteiger partial charge is 0.0597 e. The minimum absolute atomic E-state index is 0.505. The predicted molar refractivity (Wildman–Crippen MR) is 27.9 cm³/mol. The van der Waals surface area contributed by atoms with Gasteiger partial charge in [-0.15, -0.1) is 0 Å². The number of ether oxygens (including phenoxy) is 1. The summed E-state index contributed by atoms with van der Waals surface area (Å²) in [7, 11) is 0. The second-order valence-corrected chi connectivity index (χ2v) is 1.86. The summed E-state index contributed by atoms with van der Waals surface area (Å²) in [6.07, 6.45) is 3.53. The molecule has 1 aliphatic rings. The van der Waals surface area contributed by atoms with Gasteiger partial charge in [-0.05, 0) is 26.2 Å². The van der Waals surface area contributed by atoms with Crippen LogP contribution in [0.5, 0.6) is 0 Å². The van der Waals surface area contributed by atoms with Gasteiger partial charge in [0.05, 0.1) is 6.10 Å². The molecule has 0 aromatic carbocycles. The van der Waals surface area contributed by atoms with Gasteiger partial charge in [0.15, 0.2) is 0 Å². The van der Waals surface area contributed by atoms with Gasteiger partial charge in [0.25, 0.3) is 0 Å². The van der Waals surface area contributed by atoms with E-state index in [4.69, 9.17) is 11.7 Å². The molecule has 1 rings (SSSR count). The minimum atomic E-state index is 0.505. The first kappa shape index (κ1) is 5.10. The van der Waals surface area contributed by atoms with E-state index in [0.29, 0.717) is 6.10 Å². The maximum absolute atomic E-state index is 5.26. The monoisotopic (exact) mass is 98.1 g/mol. The lowest BCUT2D eigenvalue weighted by atomic mass is 10.1. The molecule has 1 aliphatic heterocycles. The van der Waals surface area contributed by atoms with E-state index in [1.54, 1.807) is 0 Å². The van der Waals surface area contributed by atoms with Crippen LogP contribution in [0.25, 0.3) is 0 Å². The highest BCUT2D eigenvalue weighted by Gasteiger charge is 2.15. The first-order valence-corrected chi connectivity index (χ1v) is 2.75. The van der Waals surface area contributed by atoms with Gasteiger partial charge in [0.1, 0.15) is 0 Å². The first-order chi connectivity index (χ1) is 3.43. The summed E-state index contributed by atoms with van der Waals surface area (Å²) in [4.78, 5) is 0. The molecule has 1 atom stereocenters. The SMILES string of the molecule is [CH]CCC1CCO1. The van der Waals surface area contributed by atoms with Crippen molar-refractivity contribution in [2.75, 3.05) is 6.61 Å². The second-order valence-electron chi connectivity index (χ2n) is 1.86. The lowest BCUT2D eigenvalue weighted by Crippen LogP contribution is -2.25. The molecule has 0 bridgehead atoms. The van der Waals surface area contributed by atoms with Gasteiger partial charge in [-0.2, -0.15) is 0 Å². The molecule has 1 nitrogen and oxygen atoms in total. The molecule has 40 valence electrons. The summed E-state index contributed by atoms with van der Waals surface area (Å²) >= 11 is 0. The summed E-state index contributed by atoms with van der Waals surface area (Å²) in [6, 6.07) is 0. The molecule has 1 unspecified atom stereocenters. The van der Waals surface area contributed by atoms with Crippen LogP contribution >= 0.6 is 0 Å². The van der Waals surface area contributed by atoms with Gasteiger partial charge in [0, 0.05) is 6.61 Å². The molecule has 0 saturated carbocycles. The first-order valence-electron chi connectivity index (χ1n) is 2.75. The zero-order valence-electron chi connectivity index (χ0n) is 4.39. The highest BCUT2D eigenvalue weighted by atomic mass is 16.5. The molecule has 7 heavy (non-hydrogen) atoms. The largest absolute Gasteiger partial charge is 0.378 e. The van der Waals surface area contributed by atoms with E-state index in [0.717, 1.165) is 19.4 Å². The van der Waals surface area contributed by atoms with Gasteiger partial charge >= 0.3 is 0 Å². The normalized spacial score (nSPS) is 29.6. The quantitative estimate of drug-likeness (QED) is 0.505. The van der Waals surface area contributed by atoms with Gasteiger partial charge in [-0.1, -0.05) is 0 Å². The van der Waals surface area contributed by atoms with Crippen LogP contribution in [0, 0.1) is 6.92 Å². The van der Waals surface area contributed by atoms with Crippen molar-refractivity contribution in [3.05, 3.63) is 6.92 Å². The Hall–Kier alpha value is -0.0400. The second kappa shape index (κ2) is 2.31. The maximum Gasteiger partial charge on any atom is 0.0597 e. The molecule has 0 amide bonds. The minimum Gasteiger partial charge on any atom is -0.378 e. The average Bonchev–Trinajstić information content (AvgIpc) is 1.55. The van der Waals surface area contributed by atoms with Crippen molar-refractivity contribution in [2.24, 2.45) is 0 Å². The van der Waals surface area contributed by atoms with Gasteiger partial charge in [-0.25, -0.2) is 0 Å². The molecule has 0 aromatic heterocycles. The highest BCUT2D eigenvalue weighted by molar-refractivity contribution is 4.65. The fourth-order valence-corrected chi connectivity index (χ4v) is 0.698. The average molecular weight is 98.1 g/mol. The van der Waals surface area contributed by atoms with E-state index in [1.807, 2.05) is 0 Å². The molecule has 2 radical (unpaired) electrons. The van der Waals surface area contributed by atoms with Crippen molar-refractivity contribution in [3.8, 4) is 0 Å². The number of rotatable bonds is 2. The van der Waals surface area contributed by atoms with Crippen LogP contribution in [-0.2, 0) is 4.74 Å². The van der Waals surface area contributed by atoms with Crippen LogP contribution in [0.2, 0.25) is 0 Å². The van der Waals surface area contributed by atoms with Crippen LogP contribution in [0.4, 0.5) is 0 Å².